The van der Waals surface area contributed by atoms with Crippen LogP contribution in [0.5, 0.6) is 5.75 Å². The molecule has 3 aromatic rings. The minimum Gasteiger partial charge on any atom is -0.492 e. The Labute approximate surface area is 127 Å². The van der Waals surface area contributed by atoms with Gasteiger partial charge < -0.3 is 10.1 Å². The van der Waals surface area contributed by atoms with Gasteiger partial charge in [0.25, 0.3) is 0 Å². The van der Waals surface area contributed by atoms with E-state index < -0.39 is 0 Å². The summed E-state index contributed by atoms with van der Waals surface area (Å²) in [6.45, 7) is 1.54. The third-order valence-electron chi connectivity index (χ3n) is 3.79. The molecule has 21 heavy (non-hydrogen) atoms. The molecule has 0 saturated heterocycles. The fourth-order valence-corrected chi connectivity index (χ4v) is 3.18. The van der Waals surface area contributed by atoms with Gasteiger partial charge in [0, 0.05) is 12.6 Å². The number of nitrogens with one attached hydrogen (secondary N) is 1. The minimum atomic E-state index is 0.351. The van der Waals surface area contributed by atoms with Crippen LogP contribution in [0.4, 0.5) is 0 Å². The van der Waals surface area contributed by atoms with Crippen LogP contribution >= 0.6 is 11.7 Å². The maximum atomic E-state index is 5.80. The topological polar surface area (TPSA) is 47.0 Å². The van der Waals surface area contributed by atoms with Gasteiger partial charge in [0.2, 0.25) is 0 Å². The van der Waals surface area contributed by atoms with E-state index in [0.717, 1.165) is 36.4 Å². The second kappa shape index (κ2) is 5.42. The van der Waals surface area contributed by atoms with Gasteiger partial charge in [0.1, 0.15) is 23.4 Å². The van der Waals surface area contributed by atoms with E-state index in [2.05, 4.69) is 38.3 Å². The SMILES string of the molecule is c1ccc2c(c1)CC(NCc1ccc3nsnc3c1)CO2. The summed E-state index contributed by atoms with van der Waals surface area (Å²) in [6.07, 6.45) is 1.01. The molecular formula is C16H15N3OS. The van der Waals surface area contributed by atoms with Gasteiger partial charge in [-0.3, -0.25) is 0 Å². The fraction of sp³-hybridized carbons (Fsp3) is 0.250. The molecule has 1 atom stereocenters. The average molecular weight is 297 g/mol. The zero-order chi connectivity index (χ0) is 14.1. The molecule has 5 heteroatoms. The summed E-state index contributed by atoms with van der Waals surface area (Å²) in [4.78, 5) is 0. The van der Waals surface area contributed by atoms with Gasteiger partial charge in [0.15, 0.2) is 0 Å². The van der Waals surface area contributed by atoms with Gasteiger partial charge in [-0.25, -0.2) is 0 Å². The summed E-state index contributed by atoms with van der Waals surface area (Å²) in [5.74, 6) is 1.02. The third kappa shape index (κ3) is 2.62. The Morgan fingerprint density at radius 1 is 1.14 bits per heavy atom. The highest BCUT2D eigenvalue weighted by atomic mass is 32.1. The molecule has 4 nitrogen and oxygen atoms in total. The zero-order valence-electron chi connectivity index (χ0n) is 11.5. The first-order chi connectivity index (χ1) is 10.4. The van der Waals surface area contributed by atoms with E-state index in [-0.39, 0.29) is 0 Å². The lowest BCUT2D eigenvalue weighted by Gasteiger charge is -2.26. The van der Waals surface area contributed by atoms with Gasteiger partial charge in [-0.2, -0.15) is 8.75 Å². The van der Waals surface area contributed by atoms with E-state index in [1.165, 1.54) is 22.9 Å². The van der Waals surface area contributed by atoms with Crippen molar-refractivity contribution in [3.05, 3.63) is 53.6 Å². The normalized spacial score (nSPS) is 17.4. The first-order valence-electron chi connectivity index (χ1n) is 7.04. The second-order valence-electron chi connectivity index (χ2n) is 5.29. The first kappa shape index (κ1) is 12.7. The molecule has 0 bridgehead atoms. The van der Waals surface area contributed by atoms with Crippen molar-refractivity contribution >= 4 is 22.8 Å². The van der Waals surface area contributed by atoms with Crippen LogP contribution in [0.15, 0.2) is 42.5 Å². The van der Waals surface area contributed by atoms with Crippen molar-refractivity contribution in [3.8, 4) is 5.75 Å². The van der Waals surface area contributed by atoms with Crippen molar-refractivity contribution in [3.63, 3.8) is 0 Å². The van der Waals surface area contributed by atoms with Gasteiger partial charge in [-0.1, -0.05) is 24.3 Å². The van der Waals surface area contributed by atoms with E-state index in [0.29, 0.717) is 6.04 Å². The first-order valence-corrected chi connectivity index (χ1v) is 7.77. The van der Waals surface area contributed by atoms with E-state index in [1.807, 2.05) is 18.2 Å². The van der Waals surface area contributed by atoms with Crippen LogP contribution in [0.1, 0.15) is 11.1 Å². The Hall–Kier alpha value is -1.98. The molecule has 4 rings (SSSR count). The van der Waals surface area contributed by atoms with Crippen molar-refractivity contribution in [1.82, 2.24) is 14.1 Å². The highest BCUT2D eigenvalue weighted by Crippen LogP contribution is 2.24. The molecule has 1 aromatic heterocycles. The van der Waals surface area contributed by atoms with Crippen molar-refractivity contribution in [2.75, 3.05) is 6.61 Å². The minimum absolute atomic E-state index is 0.351. The van der Waals surface area contributed by atoms with E-state index in [9.17, 15) is 0 Å². The Morgan fingerprint density at radius 2 is 2.05 bits per heavy atom. The molecule has 1 N–H and O–H groups in total. The number of ether oxygens (including phenoxy) is 1. The molecule has 1 unspecified atom stereocenters. The van der Waals surface area contributed by atoms with Crippen LogP contribution in [-0.4, -0.2) is 21.4 Å². The van der Waals surface area contributed by atoms with Crippen molar-refractivity contribution in [2.45, 2.75) is 19.0 Å². The molecule has 106 valence electrons. The molecule has 0 saturated carbocycles. The standard InChI is InChI=1S/C16H15N3OS/c1-2-4-16-12(3-1)8-13(10-20-16)17-9-11-5-6-14-15(7-11)19-21-18-14/h1-7,13,17H,8-10H2. The molecule has 0 spiro atoms. The molecule has 0 fully saturated rings. The Kier molecular flexibility index (Phi) is 3.29. The smallest absolute Gasteiger partial charge is 0.122 e. The largest absolute Gasteiger partial charge is 0.492 e. The summed E-state index contributed by atoms with van der Waals surface area (Å²) in [7, 11) is 0. The Balaban J connectivity index is 1.43. The molecule has 1 aliphatic heterocycles. The Morgan fingerprint density at radius 3 is 3.05 bits per heavy atom. The molecular weight excluding hydrogens is 282 g/mol. The molecule has 2 aromatic carbocycles. The second-order valence-corrected chi connectivity index (χ2v) is 5.82. The van der Waals surface area contributed by atoms with Crippen molar-refractivity contribution in [1.29, 1.82) is 0 Å². The van der Waals surface area contributed by atoms with Gasteiger partial charge in [-0.05, 0) is 35.7 Å². The van der Waals surface area contributed by atoms with Crippen LogP contribution in [0.25, 0.3) is 11.0 Å². The number of benzene rings is 2. The van der Waals surface area contributed by atoms with Crippen LogP contribution < -0.4 is 10.1 Å². The monoisotopic (exact) mass is 297 g/mol. The van der Waals surface area contributed by atoms with Gasteiger partial charge >= 0.3 is 0 Å². The lowest BCUT2D eigenvalue weighted by Crippen LogP contribution is -2.38. The fourth-order valence-electron chi connectivity index (χ4n) is 2.66. The van der Waals surface area contributed by atoms with Crippen LogP contribution in [-0.2, 0) is 13.0 Å². The molecule has 0 aliphatic carbocycles. The lowest BCUT2D eigenvalue weighted by atomic mass is 10.0. The maximum absolute atomic E-state index is 5.80. The van der Waals surface area contributed by atoms with Crippen LogP contribution in [0, 0.1) is 0 Å². The van der Waals surface area contributed by atoms with E-state index in [1.54, 1.807) is 0 Å². The number of rotatable bonds is 3. The summed E-state index contributed by atoms with van der Waals surface area (Å²) in [5.41, 5.74) is 4.46. The summed E-state index contributed by atoms with van der Waals surface area (Å²) >= 11 is 1.26. The van der Waals surface area contributed by atoms with Crippen molar-refractivity contribution < 1.29 is 4.74 Å². The van der Waals surface area contributed by atoms with Crippen LogP contribution in [0.2, 0.25) is 0 Å². The quantitative estimate of drug-likeness (QED) is 0.807. The molecule has 1 aliphatic rings. The number of hydrogen-bond acceptors (Lipinski definition) is 5. The van der Waals surface area contributed by atoms with Gasteiger partial charge in [-0.15, -0.1) is 0 Å². The highest BCUT2D eigenvalue weighted by Gasteiger charge is 2.18. The number of hydrogen-bond donors (Lipinski definition) is 1. The highest BCUT2D eigenvalue weighted by molar-refractivity contribution is 7.00. The summed E-state index contributed by atoms with van der Waals surface area (Å²) in [6, 6.07) is 14.8. The predicted octanol–water partition coefficient (Wildman–Crippen LogP) is 2.78. The maximum Gasteiger partial charge on any atom is 0.122 e. The molecule has 2 heterocycles. The van der Waals surface area contributed by atoms with E-state index >= 15 is 0 Å². The zero-order valence-corrected chi connectivity index (χ0v) is 12.3. The number of fused-ring (bicyclic) bond motifs is 2. The predicted molar refractivity (Wildman–Crippen MR) is 83.7 cm³/mol. The Bertz CT molecular complexity index is 771. The molecule has 0 amide bonds. The average Bonchev–Trinajstić information content (AvgIpc) is 3.00. The lowest BCUT2D eigenvalue weighted by molar-refractivity contribution is 0.238. The number of aromatic nitrogens is 2. The number of nitrogens with zero attached hydrogens (tertiary/aromatic N) is 2. The van der Waals surface area contributed by atoms with Crippen LogP contribution in [0.3, 0.4) is 0 Å². The summed E-state index contributed by atoms with van der Waals surface area (Å²) < 4.78 is 14.3. The van der Waals surface area contributed by atoms with E-state index in [4.69, 9.17) is 4.74 Å². The number of para-hydroxylation sites is 1. The van der Waals surface area contributed by atoms with Gasteiger partial charge in [0.05, 0.1) is 11.7 Å². The van der Waals surface area contributed by atoms with Crippen molar-refractivity contribution in [2.24, 2.45) is 0 Å². The third-order valence-corrected chi connectivity index (χ3v) is 4.35. The molecule has 0 radical (unpaired) electrons. The summed E-state index contributed by atoms with van der Waals surface area (Å²) in [5, 5.41) is 3.57.